The molecule has 0 saturated carbocycles. The maximum absolute atomic E-state index is 12.8. The van der Waals surface area contributed by atoms with Crippen LogP contribution in [0.4, 0.5) is 0 Å². The van der Waals surface area contributed by atoms with Gasteiger partial charge in [-0.15, -0.1) is 0 Å². The van der Waals surface area contributed by atoms with Gasteiger partial charge >= 0.3 is 19.8 Å². The zero-order valence-electron chi connectivity index (χ0n) is 52.3. The molecule has 0 aromatic rings. The van der Waals surface area contributed by atoms with Crippen LogP contribution < -0.4 is 0 Å². The minimum absolute atomic E-state index is 0.0214. The summed E-state index contributed by atoms with van der Waals surface area (Å²) in [5.41, 5.74) is 0. The van der Waals surface area contributed by atoms with Crippen molar-refractivity contribution in [3.8, 4) is 0 Å². The van der Waals surface area contributed by atoms with Crippen molar-refractivity contribution in [2.24, 2.45) is 0 Å². The number of ether oxygens (including phenoxy) is 2. The van der Waals surface area contributed by atoms with Gasteiger partial charge in [-0.1, -0.05) is 264 Å². The van der Waals surface area contributed by atoms with Gasteiger partial charge in [0.25, 0.3) is 0 Å². The minimum Gasteiger partial charge on any atom is -0.462 e. The van der Waals surface area contributed by atoms with E-state index in [1.807, 2.05) is 21.1 Å². The van der Waals surface area contributed by atoms with Crippen molar-refractivity contribution in [2.45, 2.75) is 277 Å². The van der Waals surface area contributed by atoms with Gasteiger partial charge in [-0.05, 0) is 103 Å². The van der Waals surface area contributed by atoms with E-state index in [0.717, 1.165) is 96.3 Å². The third-order valence-corrected chi connectivity index (χ3v) is 14.8. The van der Waals surface area contributed by atoms with Crippen molar-refractivity contribution in [3.05, 3.63) is 109 Å². The predicted molar refractivity (Wildman–Crippen MR) is 344 cm³/mol. The number of likely N-dealkylation sites (N-methyl/N-ethyl adjacent to an activating group) is 1. The van der Waals surface area contributed by atoms with Gasteiger partial charge < -0.3 is 18.9 Å². The molecule has 0 aliphatic rings. The maximum atomic E-state index is 12.8. The zero-order valence-corrected chi connectivity index (χ0v) is 53.2. The van der Waals surface area contributed by atoms with E-state index in [1.54, 1.807) is 0 Å². The Bertz CT molecular complexity index is 1720. The first-order chi connectivity index (χ1) is 39.0. The van der Waals surface area contributed by atoms with E-state index in [9.17, 15) is 19.0 Å². The Morgan fingerprint density at radius 2 is 0.713 bits per heavy atom. The number of carbonyl (C=O) groups is 2. The van der Waals surface area contributed by atoms with E-state index >= 15 is 0 Å². The smallest absolute Gasteiger partial charge is 0.462 e. The average Bonchev–Trinajstić information content (AvgIpc) is 3.42. The van der Waals surface area contributed by atoms with Crippen LogP contribution >= 0.6 is 7.82 Å². The molecule has 1 N–H and O–H groups in total. The molecule has 0 bridgehead atoms. The fourth-order valence-corrected chi connectivity index (χ4v) is 9.53. The number of quaternary nitrogens is 1. The molecule has 2 atom stereocenters. The van der Waals surface area contributed by atoms with Crippen molar-refractivity contribution < 1.29 is 42.1 Å². The van der Waals surface area contributed by atoms with Crippen molar-refractivity contribution >= 4 is 19.8 Å². The highest BCUT2D eigenvalue weighted by Crippen LogP contribution is 2.43. The van der Waals surface area contributed by atoms with Crippen LogP contribution in [0.3, 0.4) is 0 Å². The number of hydrogen-bond donors (Lipinski definition) is 1. The van der Waals surface area contributed by atoms with Crippen molar-refractivity contribution in [2.75, 3.05) is 47.5 Å². The van der Waals surface area contributed by atoms with Crippen LogP contribution in [0.5, 0.6) is 0 Å². The average molecular weight is 1140 g/mol. The highest BCUT2D eigenvalue weighted by atomic mass is 31.2. The molecule has 0 rings (SSSR count). The predicted octanol–water partition coefficient (Wildman–Crippen LogP) is 20.9. The molecule has 0 aliphatic heterocycles. The normalized spacial score (nSPS) is 13.9. The number of esters is 2. The molecule has 0 aromatic carbocycles. The van der Waals surface area contributed by atoms with E-state index in [4.69, 9.17) is 18.5 Å². The lowest BCUT2D eigenvalue weighted by Gasteiger charge is -2.24. The number of unbranched alkanes of at least 4 members (excludes halogenated alkanes) is 27. The molecule has 0 amide bonds. The highest BCUT2D eigenvalue weighted by Gasteiger charge is 2.27. The summed E-state index contributed by atoms with van der Waals surface area (Å²) in [7, 11) is 1.45. The first kappa shape index (κ1) is 76.7. The minimum atomic E-state index is -4.40. The topological polar surface area (TPSA) is 108 Å². The van der Waals surface area contributed by atoms with Crippen LogP contribution in [-0.4, -0.2) is 74.9 Å². The Morgan fingerprint density at radius 3 is 1.07 bits per heavy atom. The molecule has 460 valence electrons. The van der Waals surface area contributed by atoms with Gasteiger partial charge in [0.15, 0.2) is 6.10 Å². The molecular formula is C70H123NO8P+. The molecule has 0 aromatic heterocycles. The van der Waals surface area contributed by atoms with Gasteiger partial charge in [0.2, 0.25) is 0 Å². The number of allylic oxidation sites excluding steroid dienone is 18. The first-order valence-electron chi connectivity index (χ1n) is 32.6. The van der Waals surface area contributed by atoms with Crippen LogP contribution in [-0.2, 0) is 32.7 Å². The second-order valence-electron chi connectivity index (χ2n) is 22.8. The van der Waals surface area contributed by atoms with Crippen molar-refractivity contribution in [1.82, 2.24) is 0 Å². The van der Waals surface area contributed by atoms with E-state index in [1.165, 1.54) is 141 Å². The summed E-state index contributed by atoms with van der Waals surface area (Å²) in [5.74, 6) is -0.826. The van der Waals surface area contributed by atoms with Crippen LogP contribution in [0.1, 0.15) is 271 Å². The largest absolute Gasteiger partial charge is 0.472 e. The molecule has 80 heavy (non-hydrogen) atoms. The lowest BCUT2D eigenvalue weighted by molar-refractivity contribution is -0.870. The van der Waals surface area contributed by atoms with Crippen molar-refractivity contribution in [3.63, 3.8) is 0 Å². The molecule has 2 unspecified atom stereocenters. The number of phosphoric acid groups is 1. The van der Waals surface area contributed by atoms with E-state index in [-0.39, 0.29) is 32.0 Å². The van der Waals surface area contributed by atoms with Gasteiger partial charge in [0.05, 0.1) is 27.7 Å². The molecule has 0 spiro atoms. The van der Waals surface area contributed by atoms with Crippen molar-refractivity contribution in [1.29, 1.82) is 0 Å². The van der Waals surface area contributed by atoms with Crippen LogP contribution in [0.2, 0.25) is 0 Å². The van der Waals surface area contributed by atoms with Gasteiger partial charge in [-0.25, -0.2) is 4.57 Å². The quantitative estimate of drug-likeness (QED) is 0.0211. The fourth-order valence-electron chi connectivity index (χ4n) is 8.79. The number of carbonyl (C=O) groups excluding carboxylic acids is 2. The number of phosphoric ester groups is 1. The molecule has 10 heteroatoms. The maximum Gasteiger partial charge on any atom is 0.472 e. The van der Waals surface area contributed by atoms with Gasteiger partial charge in [0, 0.05) is 12.8 Å². The summed E-state index contributed by atoms with van der Waals surface area (Å²) >= 11 is 0. The van der Waals surface area contributed by atoms with Gasteiger partial charge in [-0.3, -0.25) is 18.6 Å². The van der Waals surface area contributed by atoms with Crippen LogP contribution in [0.15, 0.2) is 109 Å². The molecule has 0 radical (unpaired) electrons. The third kappa shape index (κ3) is 63.8. The summed E-state index contributed by atoms with van der Waals surface area (Å²) in [5, 5.41) is 0. The Labute approximate surface area is 493 Å². The summed E-state index contributed by atoms with van der Waals surface area (Å²) in [6.45, 7) is 4.30. The number of hydrogen-bond acceptors (Lipinski definition) is 7. The molecule has 0 heterocycles. The summed E-state index contributed by atoms with van der Waals surface area (Å²) in [4.78, 5) is 35.8. The Morgan fingerprint density at radius 1 is 0.400 bits per heavy atom. The second kappa shape index (κ2) is 60.3. The lowest BCUT2D eigenvalue weighted by atomic mass is 10.0. The number of nitrogens with zero attached hydrogens (tertiary/aromatic N) is 1. The monoisotopic (exact) mass is 1140 g/mol. The Hall–Kier alpha value is -3.33. The molecule has 0 saturated heterocycles. The SMILES string of the molecule is CC/C=C\C/C=C\C/C=C\C/C=C\C/C=C\C/C=C\C/C=C\C/C=C\CCCCCCC(=O)OC(COC(=O)CCCCCCCCCCCCCCCCC/C=C\CCCCCCCCCC)COP(=O)(O)OCC[N+](C)(C)C. The second-order valence-corrected chi connectivity index (χ2v) is 24.2. The van der Waals surface area contributed by atoms with E-state index in [0.29, 0.717) is 17.4 Å². The fraction of sp³-hybridized carbons (Fsp3) is 0.714. The van der Waals surface area contributed by atoms with Gasteiger partial charge in [-0.2, -0.15) is 0 Å². The third-order valence-electron chi connectivity index (χ3n) is 13.8. The molecular weight excluding hydrogens is 1010 g/mol. The Kier molecular flexibility index (Phi) is 57.8. The summed E-state index contributed by atoms with van der Waals surface area (Å²) in [6.07, 6.45) is 84.6. The lowest BCUT2D eigenvalue weighted by Crippen LogP contribution is -2.37. The highest BCUT2D eigenvalue weighted by molar-refractivity contribution is 7.47. The molecule has 9 nitrogen and oxygen atoms in total. The van der Waals surface area contributed by atoms with Crippen LogP contribution in [0, 0.1) is 0 Å². The standard InChI is InChI=1S/C70H122NO8P/c1-6-8-10-12-14-16-18-20-22-24-26-28-30-32-34-35-37-39-41-43-45-47-49-51-53-55-57-59-61-63-70(73)79-68(67-78-80(74,75)77-65-64-71(3,4)5)66-76-69(72)62-60-58-56-54-52-50-48-46-44-42-40-38-36-33-31-29-27-25-23-21-19-17-15-13-11-9-7-2/h8,10,14,16,20,22,25-28,32,34,37,39,43,45,49,51,68H,6-7,9,11-13,15,17-19,21,23-24,29-31,33,35-36,38,40-42,44,46-48,50,52-67H2,1-5H3/p+1/b10-8-,16-14-,22-20-,27-25-,28-26-,34-32-,39-37-,45-43-,51-49-. The van der Waals surface area contributed by atoms with Crippen LogP contribution in [0.25, 0.3) is 0 Å². The molecule has 0 fully saturated rings. The molecule has 0 aliphatic carbocycles. The summed E-state index contributed by atoms with van der Waals surface area (Å²) in [6, 6.07) is 0. The van der Waals surface area contributed by atoms with Gasteiger partial charge in [0.1, 0.15) is 19.8 Å². The first-order valence-corrected chi connectivity index (χ1v) is 34.1. The zero-order chi connectivity index (χ0) is 58.4. The Balaban J connectivity index is 4.18. The van der Waals surface area contributed by atoms with E-state index < -0.39 is 26.5 Å². The number of rotatable bonds is 59. The van der Waals surface area contributed by atoms with E-state index in [2.05, 4.69) is 123 Å². The summed E-state index contributed by atoms with van der Waals surface area (Å²) < 4.78 is 34.6.